The second-order valence-corrected chi connectivity index (χ2v) is 22.2. The Morgan fingerprint density at radius 1 is 0.521 bits per heavy atom. The van der Waals surface area contributed by atoms with Gasteiger partial charge in [0.1, 0.15) is 24.4 Å². The number of rotatable bonds is 54. The van der Waals surface area contributed by atoms with Gasteiger partial charge in [-0.2, -0.15) is 0 Å². The number of allylic oxidation sites excluding steroid dienone is 1. The van der Waals surface area contributed by atoms with Crippen LogP contribution in [0.4, 0.5) is 0 Å². The second-order valence-electron chi connectivity index (χ2n) is 22.2. The molecule has 0 aromatic carbocycles. The molecular formula is C62H119NO10. The van der Waals surface area contributed by atoms with Crippen molar-refractivity contribution in [2.75, 3.05) is 13.2 Å². The maximum atomic E-state index is 13.4. The fourth-order valence-electron chi connectivity index (χ4n) is 10.2. The van der Waals surface area contributed by atoms with Gasteiger partial charge >= 0.3 is 5.97 Å². The molecule has 6 N–H and O–H groups in total. The number of carbonyl (C=O) groups is 2. The van der Waals surface area contributed by atoms with Gasteiger partial charge in [-0.25, -0.2) is 0 Å². The van der Waals surface area contributed by atoms with Crippen LogP contribution in [0.25, 0.3) is 0 Å². The monoisotopic (exact) mass is 1040 g/mol. The van der Waals surface area contributed by atoms with Gasteiger partial charge in [-0.3, -0.25) is 9.59 Å². The van der Waals surface area contributed by atoms with E-state index in [1.54, 1.807) is 6.08 Å². The third-order valence-corrected chi connectivity index (χ3v) is 15.2. The van der Waals surface area contributed by atoms with E-state index in [1.165, 1.54) is 205 Å². The molecule has 1 amide bonds. The van der Waals surface area contributed by atoms with Crippen molar-refractivity contribution in [3.8, 4) is 0 Å². The van der Waals surface area contributed by atoms with Gasteiger partial charge in [0.15, 0.2) is 12.4 Å². The normalized spacial score (nSPS) is 19.4. The van der Waals surface area contributed by atoms with Crippen LogP contribution in [-0.4, -0.2) is 99.6 Å². The minimum absolute atomic E-state index is 0.131. The number of aliphatic hydroxyl groups is 5. The number of esters is 1. The van der Waals surface area contributed by atoms with Crippen molar-refractivity contribution in [2.45, 2.75) is 359 Å². The highest BCUT2D eigenvalue weighted by Crippen LogP contribution is 2.26. The molecule has 0 aromatic heterocycles. The van der Waals surface area contributed by atoms with Crippen LogP contribution in [0.15, 0.2) is 12.2 Å². The van der Waals surface area contributed by atoms with Crippen LogP contribution in [-0.2, 0) is 23.8 Å². The van der Waals surface area contributed by atoms with E-state index in [0.717, 1.165) is 57.8 Å². The minimum atomic E-state index is -1.61. The van der Waals surface area contributed by atoms with Gasteiger partial charge in [-0.15, -0.1) is 0 Å². The molecule has 0 aliphatic carbocycles. The third kappa shape index (κ3) is 39.4. The quantitative estimate of drug-likeness (QED) is 0.0195. The number of ether oxygens (including phenoxy) is 3. The average molecular weight is 1040 g/mol. The molecule has 11 heteroatoms. The molecule has 1 rings (SSSR count). The summed E-state index contributed by atoms with van der Waals surface area (Å²) in [6.45, 7) is 5.82. The summed E-state index contributed by atoms with van der Waals surface area (Å²) in [6.07, 6.45) is 46.8. The molecule has 1 fully saturated rings. The molecule has 0 spiro atoms. The molecule has 8 atom stereocenters. The van der Waals surface area contributed by atoms with E-state index in [1.807, 2.05) is 6.08 Å². The van der Waals surface area contributed by atoms with Crippen LogP contribution in [0.5, 0.6) is 0 Å². The minimum Gasteiger partial charge on any atom is -0.454 e. The zero-order valence-electron chi connectivity index (χ0n) is 47.8. The van der Waals surface area contributed by atoms with E-state index in [0.29, 0.717) is 19.3 Å². The summed E-state index contributed by atoms with van der Waals surface area (Å²) in [6, 6.07) is -1.02. The highest BCUT2D eigenvalue weighted by Gasteiger charge is 2.47. The van der Waals surface area contributed by atoms with Gasteiger partial charge in [-0.1, -0.05) is 290 Å². The topological polar surface area (TPSA) is 175 Å². The zero-order chi connectivity index (χ0) is 53.3. The predicted octanol–water partition coefficient (Wildman–Crippen LogP) is 14.7. The summed E-state index contributed by atoms with van der Waals surface area (Å²) >= 11 is 0. The van der Waals surface area contributed by atoms with Gasteiger partial charge in [0, 0.05) is 6.42 Å². The number of hydrogen-bond acceptors (Lipinski definition) is 10. The Labute approximate surface area is 448 Å². The lowest BCUT2D eigenvalue weighted by atomic mass is 9.99. The lowest BCUT2D eigenvalue weighted by Gasteiger charge is -2.41. The Balaban J connectivity index is 2.65. The average Bonchev–Trinajstić information content (AvgIpc) is 3.39. The van der Waals surface area contributed by atoms with Crippen LogP contribution in [0.1, 0.15) is 310 Å². The molecule has 432 valence electrons. The molecule has 1 aliphatic heterocycles. The smallest absolute Gasteiger partial charge is 0.306 e. The maximum Gasteiger partial charge on any atom is 0.306 e. The van der Waals surface area contributed by atoms with Crippen molar-refractivity contribution in [3.63, 3.8) is 0 Å². The van der Waals surface area contributed by atoms with E-state index in [-0.39, 0.29) is 13.0 Å². The molecule has 1 heterocycles. The number of nitrogens with one attached hydrogen (secondary N) is 1. The van der Waals surface area contributed by atoms with E-state index in [9.17, 15) is 35.1 Å². The van der Waals surface area contributed by atoms with Gasteiger partial charge in [0.05, 0.1) is 25.4 Å². The van der Waals surface area contributed by atoms with E-state index < -0.39 is 67.4 Å². The van der Waals surface area contributed by atoms with Gasteiger partial charge in [0.25, 0.3) is 0 Å². The Morgan fingerprint density at radius 2 is 0.890 bits per heavy atom. The molecule has 1 saturated heterocycles. The van der Waals surface area contributed by atoms with Crippen molar-refractivity contribution in [3.05, 3.63) is 12.2 Å². The molecule has 0 bridgehead atoms. The summed E-state index contributed by atoms with van der Waals surface area (Å²) < 4.78 is 17.6. The van der Waals surface area contributed by atoms with Crippen LogP contribution in [0.2, 0.25) is 0 Å². The van der Waals surface area contributed by atoms with Crippen molar-refractivity contribution >= 4 is 11.9 Å². The van der Waals surface area contributed by atoms with Crippen LogP contribution >= 0.6 is 0 Å². The molecule has 8 unspecified atom stereocenters. The van der Waals surface area contributed by atoms with E-state index in [2.05, 4.69) is 26.1 Å². The first-order valence-electron chi connectivity index (χ1n) is 31.5. The molecule has 0 radical (unpaired) electrons. The summed E-state index contributed by atoms with van der Waals surface area (Å²) in [5, 5.41) is 56.9. The van der Waals surface area contributed by atoms with E-state index >= 15 is 0 Å². The lowest BCUT2D eigenvalue weighted by molar-refractivity contribution is -0.305. The molecule has 73 heavy (non-hydrogen) atoms. The van der Waals surface area contributed by atoms with Gasteiger partial charge in [-0.05, 0) is 25.7 Å². The Morgan fingerprint density at radius 3 is 1.29 bits per heavy atom. The van der Waals surface area contributed by atoms with Crippen molar-refractivity contribution in [1.29, 1.82) is 0 Å². The summed E-state index contributed by atoms with van der Waals surface area (Å²) in [7, 11) is 0. The Hall–Kier alpha value is -1.60. The number of hydrogen-bond donors (Lipinski definition) is 6. The number of amides is 1. The zero-order valence-corrected chi connectivity index (χ0v) is 47.8. The summed E-state index contributed by atoms with van der Waals surface area (Å²) in [4.78, 5) is 26.5. The number of aliphatic hydroxyl groups excluding tert-OH is 5. The fraction of sp³-hybridized carbons (Fsp3) is 0.935. The standard InChI is InChI=1S/C62H119NO10/c1-4-7-10-13-16-19-22-24-26-28-30-32-35-38-41-44-47-50-57(67)73-60-59(69)58(68)56(51-64)72-62(60)71-52-53(54(65)48-45-42-39-36-33-21-18-15-12-9-6-3)63-61(70)55(66)49-46-43-40-37-34-31-29-27-25-23-20-17-14-11-8-5-2/h45,48,53-56,58-60,62,64-66,68-69H,4-44,46-47,49-52H2,1-3H3,(H,63,70)/b48-45+. The first kappa shape index (κ1) is 69.4. The summed E-state index contributed by atoms with van der Waals surface area (Å²) in [5.74, 6) is -1.18. The van der Waals surface area contributed by atoms with Crippen molar-refractivity contribution in [1.82, 2.24) is 5.32 Å². The fourth-order valence-corrected chi connectivity index (χ4v) is 10.2. The SMILES string of the molecule is CCCCCCCCCCC/C=C/C(O)C(COC1OC(CO)C(O)C(O)C1OC(=O)CCCCCCCCCCCCCCCCCCC)NC(=O)C(O)CCCCCCCCCCCCCCCCCC. The summed E-state index contributed by atoms with van der Waals surface area (Å²) in [5.41, 5.74) is 0. The highest BCUT2D eigenvalue weighted by atomic mass is 16.7. The van der Waals surface area contributed by atoms with E-state index in [4.69, 9.17) is 14.2 Å². The maximum absolute atomic E-state index is 13.4. The van der Waals surface area contributed by atoms with Crippen LogP contribution in [0.3, 0.4) is 0 Å². The molecule has 11 nitrogen and oxygen atoms in total. The number of carbonyl (C=O) groups excluding carboxylic acids is 2. The highest BCUT2D eigenvalue weighted by molar-refractivity contribution is 5.80. The molecule has 0 saturated carbocycles. The van der Waals surface area contributed by atoms with Crippen molar-refractivity contribution in [2.24, 2.45) is 0 Å². The first-order valence-corrected chi connectivity index (χ1v) is 31.5. The van der Waals surface area contributed by atoms with Crippen LogP contribution < -0.4 is 5.32 Å². The second kappa shape index (κ2) is 51.2. The predicted molar refractivity (Wildman–Crippen MR) is 301 cm³/mol. The molecule has 1 aliphatic rings. The van der Waals surface area contributed by atoms with Gasteiger partial charge < -0.3 is 45.1 Å². The Kier molecular flexibility index (Phi) is 48.7. The van der Waals surface area contributed by atoms with Crippen LogP contribution in [0, 0.1) is 0 Å². The third-order valence-electron chi connectivity index (χ3n) is 15.2. The van der Waals surface area contributed by atoms with Crippen molar-refractivity contribution < 1.29 is 49.3 Å². The van der Waals surface area contributed by atoms with Gasteiger partial charge in [0.2, 0.25) is 5.91 Å². The number of unbranched alkanes of at least 4 members (excludes halogenated alkanes) is 40. The molecule has 0 aromatic rings. The Bertz CT molecular complexity index is 1240. The first-order chi connectivity index (χ1) is 35.7. The largest absolute Gasteiger partial charge is 0.454 e. The molecular weight excluding hydrogens is 919 g/mol. The lowest BCUT2D eigenvalue weighted by Crippen LogP contribution is -2.61.